The van der Waals surface area contributed by atoms with Crippen LogP contribution in [0.5, 0.6) is 0 Å². The highest BCUT2D eigenvalue weighted by Gasteiger charge is 1.89. The highest BCUT2D eigenvalue weighted by atomic mass is 35.5. The summed E-state index contributed by atoms with van der Waals surface area (Å²) >= 11 is 3.97. The molecule has 0 rings (SSSR count). The fourth-order valence-electron chi connectivity index (χ4n) is 0.129. The zero-order chi connectivity index (χ0) is 4.99. The van der Waals surface area contributed by atoms with Gasteiger partial charge in [-0.05, 0) is 6.42 Å². The van der Waals surface area contributed by atoms with Crippen LogP contribution in [-0.4, -0.2) is 11.8 Å². The van der Waals surface area contributed by atoms with Crippen molar-refractivity contribution >= 4 is 25.0 Å². The van der Waals surface area contributed by atoms with Gasteiger partial charge in [-0.25, -0.2) is 0 Å². The fourth-order valence-corrected chi connectivity index (χ4v) is 0.387. The number of rotatable bonds is 2. The van der Waals surface area contributed by atoms with Gasteiger partial charge in [-0.1, -0.05) is 6.92 Å². The van der Waals surface area contributed by atoms with Gasteiger partial charge in [0.25, 0.3) is 0 Å². The highest BCUT2D eigenvalue weighted by Crippen LogP contribution is 1.85. The second kappa shape index (κ2) is 6.60. The molecule has 0 radical (unpaired) electrons. The van der Waals surface area contributed by atoms with Crippen molar-refractivity contribution in [2.45, 2.75) is 19.4 Å². The Kier molecular flexibility index (Phi) is 9.95. The lowest BCUT2D eigenvalue weighted by atomic mass is 10.3. The Labute approximate surface area is 56.5 Å². The minimum Gasteiger partial charge on any atom is -0.327 e. The van der Waals surface area contributed by atoms with Gasteiger partial charge >= 0.3 is 0 Å². The second-order valence-corrected chi connectivity index (χ2v) is 1.72. The first kappa shape index (κ1) is 10.6. The van der Waals surface area contributed by atoms with Gasteiger partial charge in [-0.2, -0.15) is 12.6 Å². The Bertz CT molecular complexity index is 30.9. The van der Waals surface area contributed by atoms with E-state index >= 15 is 0 Å². The van der Waals surface area contributed by atoms with E-state index in [0.717, 1.165) is 12.2 Å². The molecule has 1 unspecified atom stereocenters. The maximum absolute atomic E-state index is 5.40. The molecule has 0 aliphatic carbocycles. The van der Waals surface area contributed by atoms with Crippen molar-refractivity contribution < 1.29 is 0 Å². The summed E-state index contributed by atoms with van der Waals surface area (Å²) in [6.45, 7) is 2.06. The fraction of sp³-hybridized carbons (Fsp3) is 1.00. The molecule has 0 aromatic carbocycles. The molecule has 0 fully saturated rings. The SMILES string of the molecule is CCC(N)CS.Cl. The third kappa shape index (κ3) is 6.60. The van der Waals surface area contributed by atoms with Gasteiger partial charge in [0.05, 0.1) is 0 Å². The van der Waals surface area contributed by atoms with Crippen molar-refractivity contribution in [3.05, 3.63) is 0 Å². The maximum Gasteiger partial charge on any atom is 0.0125 e. The van der Waals surface area contributed by atoms with E-state index in [-0.39, 0.29) is 12.4 Å². The molecule has 46 valence electrons. The summed E-state index contributed by atoms with van der Waals surface area (Å²) in [4.78, 5) is 0. The smallest absolute Gasteiger partial charge is 0.0125 e. The summed E-state index contributed by atoms with van der Waals surface area (Å²) in [7, 11) is 0. The summed E-state index contributed by atoms with van der Waals surface area (Å²) in [5.41, 5.74) is 5.40. The van der Waals surface area contributed by atoms with Crippen LogP contribution in [-0.2, 0) is 0 Å². The Morgan fingerprint density at radius 1 is 1.71 bits per heavy atom. The first-order valence-corrected chi connectivity index (χ1v) is 2.81. The molecule has 0 aromatic rings. The molecule has 0 spiro atoms. The van der Waals surface area contributed by atoms with Crippen LogP contribution in [0.4, 0.5) is 0 Å². The summed E-state index contributed by atoms with van der Waals surface area (Å²) in [5.74, 6) is 0.802. The Balaban J connectivity index is 0. The van der Waals surface area contributed by atoms with Crippen LogP contribution in [0.15, 0.2) is 0 Å². The quantitative estimate of drug-likeness (QED) is 0.553. The molecular formula is C4H12ClNS. The predicted octanol–water partition coefficient (Wildman–Crippen LogP) is 1.08. The van der Waals surface area contributed by atoms with Crippen molar-refractivity contribution in [2.75, 3.05) is 5.75 Å². The molecule has 7 heavy (non-hydrogen) atoms. The maximum atomic E-state index is 5.40. The van der Waals surface area contributed by atoms with Gasteiger partial charge in [-0.15, -0.1) is 12.4 Å². The second-order valence-electron chi connectivity index (χ2n) is 1.35. The predicted molar refractivity (Wildman–Crippen MR) is 39.4 cm³/mol. The Hall–Kier alpha value is 0.600. The minimum atomic E-state index is 0. The highest BCUT2D eigenvalue weighted by molar-refractivity contribution is 7.80. The Morgan fingerprint density at radius 3 is 2.14 bits per heavy atom. The molecule has 0 aromatic heterocycles. The lowest BCUT2D eigenvalue weighted by Crippen LogP contribution is -2.19. The van der Waals surface area contributed by atoms with Crippen LogP contribution in [0.1, 0.15) is 13.3 Å². The van der Waals surface area contributed by atoms with Crippen LogP contribution >= 0.6 is 25.0 Å². The molecule has 2 N–H and O–H groups in total. The zero-order valence-electron chi connectivity index (χ0n) is 4.42. The van der Waals surface area contributed by atoms with Crippen molar-refractivity contribution in [3.63, 3.8) is 0 Å². The van der Waals surface area contributed by atoms with Gasteiger partial charge in [0.15, 0.2) is 0 Å². The van der Waals surface area contributed by atoms with Gasteiger partial charge in [0.2, 0.25) is 0 Å². The van der Waals surface area contributed by atoms with Crippen molar-refractivity contribution in [1.29, 1.82) is 0 Å². The number of thiol groups is 1. The molecule has 0 saturated heterocycles. The van der Waals surface area contributed by atoms with Crippen LogP contribution in [0.2, 0.25) is 0 Å². The molecule has 3 heteroatoms. The van der Waals surface area contributed by atoms with Gasteiger partial charge in [0, 0.05) is 11.8 Å². The van der Waals surface area contributed by atoms with E-state index in [4.69, 9.17) is 5.73 Å². The van der Waals surface area contributed by atoms with Gasteiger partial charge < -0.3 is 5.73 Å². The molecule has 0 aliphatic rings. The van der Waals surface area contributed by atoms with Crippen molar-refractivity contribution in [3.8, 4) is 0 Å². The molecule has 1 nitrogen and oxygen atoms in total. The third-order valence-electron chi connectivity index (χ3n) is 0.759. The lowest BCUT2D eigenvalue weighted by molar-refractivity contribution is 0.727. The van der Waals surface area contributed by atoms with Crippen LogP contribution in [0.3, 0.4) is 0 Å². The average Bonchev–Trinajstić information content (AvgIpc) is 1.65. The first-order chi connectivity index (χ1) is 2.81. The van der Waals surface area contributed by atoms with E-state index in [2.05, 4.69) is 19.6 Å². The zero-order valence-corrected chi connectivity index (χ0v) is 6.14. The number of nitrogens with two attached hydrogens (primary N) is 1. The molecule has 0 saturated carbocycles. The van der Waals surface area contributed by atoms with E-state index in [0.29, 0.717) is 6.04 Å². The largest absolute Gasteiger partial charge is 0.327 e. The topological polar surface area (TPSA) is 26.0 Å². The third-order valence-corrected chi connectivity index (χ3v) is 1.23. The number of hydrogen-bond acceptors (Lipinski definition) is 2. The summed E-state index contributed by atoms with van der Waals surface area (Å²) in [5, 5.41) is 0. The van der Waals surface area contributed by atoms with Crippen LogP contribution < -0.4 is 5.73 Å². The summed E-state index contributed by atoms with van der Waals surface area (Å²) < 4.78 is 0. The first-order valence-electron chi connectivity index (χ1n) is 2.17. The monoisotopic (exact) mass is 141 g/mol. The lowest BCUT2D eigenvalue weighted by Gasteiger charge is -1.99. The van der Waals surface area contributed by atoms with E-state index in [1.165, 1.54) is 0 Å². The normalized spacial score (nSPS) is 12.4. The standard InChI is InChI=1S/C4H11NS.ClH/c1-2-4(5)3-6;/h4,6H,2-3,5H2,1H3;1H. The van der Waals surface area contributed by atoms with E-state index in [1.807, 2.05) is 0 Å². The van der Waals surface area contributed by atoms with Crippen molar-refractivity contribution in [2.24, 2.45) is 5.73 Å². The summed E-state index contributed by atoms with van der Waals surface area (Å²) in [6, 6.07) is 0.299. The Morgan fingerprint density at radius 2 is 2.14 bits per heavy atom. The molecule has 1 atom stereocenters. The average molecular weight is 142 g/mol. The van der Waals surface area contributed by atoms with Crippen molar-refractivity contribution in [1.82, 2.24) is 0 Å². The van der Waals surface area contributed by atoms with Gasteiger partial charge in [-0.3, -0.25) is 0 Å². The number of halogens is 1. The van der Waals surface area contributed by atoms with Crippen LogP contribution in [0.25, 0.3) is 0 Å². The molecule has 0 bridgehead atoms. The molecular weight excluding hydrogens is 130 g/mol. The van der Waals surface area contributed by atoms with Gasteiger partial charge in [0.1, 0.15) is 0 Å². The van der Waals surface area contributed by atoms with E-state index in [9.17, 15) is 0 Å². The van der Waals surface area contributed by atoms with E-state index < -0.39 is 0 Å². The molecule has 0 heterocycles. The van der Waals surface area contributed by atoms with E-state index in [1.54, 1.807) is 0 Å². The summed E-state index contributed by atoms with van der Waals surface area (Å²) in [6.07, 6.45) is 1.03. The number of hydrogen-bond donors (Lipinski definition) is 2. The van der Waals surface area contributed by atoms with Crippen LogP contribution in [0, 0.1) is 0 Å². The molecule has 0 aliphatic heterocycles. The molecule has 0 amide bonds. The minimum absolute atomic E-state index is 0.